The highest BCUT2D eigenvalue weighted by Gasteiger charge is 2.53. The minimum Gasteiger partial charge on any atom is -0.391 e. The van der Waals surface area contributed by atoms with Gasteiger partial charge in [0.15, 0.2) is 5.82 Å². The van der Waals surface area contributed by atoms with E-state index >= 15 is 0 Å². The number of aliphatic hydroxyl groups excluding tert-OH is 1. The van der Waals surface area contributed by atoms with Crippen molar-refractivity contribution in [3.8, 4) is 0 Å². The smallest absolute Gasteiger partial charge is 0.227 e. The lowest BCUT2D eigenvalue weighted by Gasteiger charge is -2.47. The average Bonchev–Trinajstić information content (AvgIpc) is 3.28. The van der Waals surface area contributed by atoms with Gasteiger partial charge in [0, 0.05) is 11.8 Å². The highest BCUT2D eigenvalue weighted by molar-refractivity contribution is 5.83. The maximum absolute atomic E-state index is 13.0. The number of rotatable bonds is 6. The lowest BCUT2D eigenvalue weighted by molar-refractivity contribution is -0.137. The fraction of sp³-hybridized carbons (Fsp3) is 0.826. The first-order valence-corrected chi connectivity index (χ1v) is 11.6. The van der Waals surface area contributed by atoms with Crippen molar-refractivity contribution in [1.82, 2.24) is 20.8 Å². The molecule has 0 saturated heterocycles. The van der Waals surface area contributed by atoms with Crippen molar-refractivity contribution in [2.75, 3.05) is 0 Å². The molecule has 0 radical (unpaired) electrons. The van der Waals surface area contributed by atoms with Crippen LogP contribution in [0.5, 0.6) is 0 Å². The van der Waals surface area contributed by atoms with Gasteiger partial charge in [-0.2, -0.15) is 4.98 Å². The Hall–Kier alpha value is -1.96. The Kier molecular flexibility index (Phi) is 5.43. The van der Waals surface area contributed by atoms with E-state index in [1.54, 1.807) is 0 Å². The van der Waals surface area contributed by atoms with Crippen molar-refractivity contribution in [2.45, 2.75) is 97.2 Å². The number of carbonyl (C=O) groups is 2. The number of amides is 2. The molecule has 4 atom stereocenters. The molecule has 172 valence electrons. The summed E-state index contributed by atoms with van der Waals surface area (Å²) in [4.78, 5) is 30.1. The Labute approximate surface area is 183 Å². The zero-order valence-electron chi connectivity index (χ0n) is 19.3. The normalized spacial score (nSPS) is 29.5. The first-order chi connectivity index (χ1) is 14.4. The molecule has 3 fully saturated rings. The maximum Gasteiger partial charge on any atom is 0.227 e. The van der Waals surface area contributed by atoms with Crippen LogP contribution in [0.25, 0.3) is 0 Å². The molecule has 3 aliphatic carbocycles. The molecule has 1 aromatic rings. The van der Waals surface area contributed by atoms with E-state index in [1.807, 2.05) is 34.6 Å². The van der Waals surface area contributed by atoms with Gasteiger partial charge >= 0.3 is 0 Å². The van der Waals surface area contributed by atoms with E-state index in [-0.39, 0.29) is 17.9 Å². The zero-order valence-corrected chi connectivity index (χ0v) is 19.3. The van der Waals surface area contributed by atoms with Crippen molar-refractivity contribution in [2.24, 2.45) is 22.7 Å². The molecule has 2 amide bonds. The van der Waals surface area contributed by atoms with Gasteiger partial charge < -0.3 is 20.3 Å². The molecule has 0 spiro atoms. The topological polar surface area (TPSA) is 117 Å². The fourth-order valence-corrected chi connectivity index (χ4v) is 5.12. The number of carbonyl (C=O) groups excluding carboxylic acids is 2. The Bertz CT molecular complexity index is 852. The summed E-state index contributed by atoms with van der Waals surface area (Å²) in [6, 6.07) is -0.150. The van der Waals surface area contributed by atoms with Crippen molar-refractivity contribution < 1.29 is 19.2 Å². The van der Waals surface area contributed by atoms with Crippen LogP contribution in [0.3, 0.4) is 0 Å². The summed E-state index contributed by atoms with van der Waals surface area (Å²) in [6.07, 6.45) is 5.66. The van der Waals surface area contributed by atoms with Gasteiger partial charge in [0.2, 0.25) is 17.7 Å². The van der Waals surface area contributed by atoms with Gasteiger partial charge in [-0.3, -0.25) is 9.59 Å². The maximum atomic E-state index is 13.0. The van der Waals surface area contributed by atoms with E-state index in [1.165, 1.54) is 0 Å². The first-order valence-electron chi connectivity index (χ1n) is 11.6. The summed E-state index contributed by atoms with van der Waals surface area (Å²) in [7, 11) is 0. The summed E-state index contributed by atoms with van der Waals surface area (Å²) in [5.41, 5.74) is -1.83. The number of nitrogens with zero attached hydrogens (tertiary/aromatic N) is 2. The molecule has 3 aliphatic rings. The predicted molar refractivity (Wildman–Crippen MR) is 114 cm³/mol. The SMILES string of the molecule is CC(C)(C)C(=O)NC1(c2noc(CC(C)(C)C(=O)NC3C(O)C4CCCC43)n2)CCC1. The standard InChI is InChI=1S/C23H36N4O4/c1-21(2,3)19(29)26-23(10-7-11-23)18-24-15(31-27-18)12-22(4,5)20(30)25-16-13-8-6-9-14(13)17(16)28/h13-14,16-17,28H,6-12H2,1-5H3,(H,25,30)(H,26,29). The van der Waals surface area contributed by atoms with E-state index in [4.69, 9.17) is 4.52 Å². The summed E-state index contributed by atoms with van der Waals surface area (Å²) < 4.78 is 5.49. The van der Waals surface area contributed by atoms with Crippen molar-refractivity contribution >= 4 is 11.8 Å². The Morgan fingerprint density at radius 3 is 2.39 bits per heavy atom. The van der Waals surface area contributed by atoms with Crippen molar-refractivity contribution in [3.63, 3.8) is 0 Å². The number of aliphatic hydroxyl groups is 1. The van der Waals surface area contributed by atoms with Gasteiger partial charge in [0.05, 0.1) is 17.6 Å². The molecule has 1 heterocycles. The van der Waals surface area contributed by atoms with E-state index < -0.39 is 22.5 Å². The minimum atomic E-state index is -0.755. The molecule has 3 saturated carbocycles. The van der Waals surface area contributed by atoms with Crippen LogP contribution >= 0.6 is 0 Å². The van der Waals surface area contributed by atoms with Gasteiger partial charge in [0.1, 0.15) is 5.54 Å². The van der Waals surface area contributed by atoms with Gasteiger partial charge in [-0.25, -0.2) is 0 Å². The third kappa shape index (κ3) is 3.99. The Morgan fingerprint density at radius 1 is 1.10 bits per heavy atom. The number of hydrogen-bond donors (Lipinski definition) is 3. The van der Waals surface area contributed by atoms with Crippen LogP contribution in [0.2, 0.25) is 0 Å². The quantitative estimate of drug-likeness (QED) is 0.636. The van der Waals surface area contributed by atoms with E-state index in [0.29, 0.717) is 30.0 Å². The third-order valence-electron chi connectivity index (χ3n) is 7.54. The second-order valence-electron chi connectivity index (χ2n) is 11.5. The van der Waals surface area contributed by atoms with E-state index in [9.17, 15) is 14.7 Å². The molecule has 4 rings (SSSR count). The van der Waals surface area contributed by atoms with Crippen LogP contribution < -0.4 is 10.6 Å². The molecule has 3 N–H and O–H groups in total. The zero-order chi connectivity index (χ0) is 22.6. The van der Waals surface area contributed by atoms with Crippen molar-refractivity contribution in [1.29, 1.82) is 0 Å². The highest BCUT2D eigenvalue weighted by Crippen LogP contribution is 2.47. The molecule has 0 bridgehead atoms. The fourth-order valence-electron chi connectivity index (χ4n) is 5.12. The van der Waals surface area contributed by atoms with E-state index in [2.05, 4.69) is 20.8 Å². The molecule has 0 aliphatic heterocycles. The molecule has 8 heteroatoms. The average molecular weight is 433 g/mol. The molecule has 1 aromatic heterocycles. The Morgan fingerprint density at radius 2 is 1.77 bits per heavy atom. The van der Waals surface area contributed by atoms with Gasteiger partial charge in [-0.15, -0.1) is 0 Å². The van der Waals surface area contributed by atoms with Gasteiger partial charge in [-0.05, 0) is 43.9 Å². The van der Waals surface area contributed by atoms with Crippen LogP contribution in [0.15, 0.2) is 4.52 Å². The molecular weight excluding hydrogens is 396 g/mol. The lowest BCUT2D eigenvalue weighted by atomic mass is 9.68. The van der Waals surface area contributed by atoms with E-state index in [0.717, 1.165) is 38.5 Å². The second-order valence-corrected chi connectivity index (χ2v) is 11.5. The third-order valence-corrected chi connectivity index (χ3v) is 7.54. The van der Waals surface area contributed by atoms with Crippen LogP contribution in [0.1, 0.15) is 84.9 Å². The van der Waals surface area contributed by atoms with Gasteiger partial charge in [-0.1, -0.05) is 46.2 Å². The van der Waals surface area contributed by atoms with Crippen LogP contribution in [0, 0.1) is 22.7 Å². The summed E-state index contributed by atoms with van der Waals surface area (Å²) in [5.74, 6) is 1.47. The summed E-state index contributed by atoms with van der Waals surface area (Å²) in [6.45, 7) is 9.34. The monoisotopic (exact) mass is 432 g/mol. The minimum absolute atomic E-state index is 0.0393. The summed E-state index contributed by atoms with van der Waals surface area (Å²) in [5, 5.41) is 20.7. The van der Waals surface area contributed by atoms with Gasteiger partial charge in [0.25, 0.3) is 0 Å². The van der Waals surface area contributed by atoms with Crippen LogP contribution in [-0.2, 0) is 21.5 Å². The molecule has 4 unspecified atom stereocenters. The highest BCUT2D eigenvalue weighted by atomic mass is 16.5. The molecular formula is C23H36N4O4. The molecule has 8 nitrogen and oxygen atoms in total. The lowest BCUT2D eigenvalue weighted by Crippen LogP contribution is -2.63. The number of nitrogens with one attached hydrogen (secondary N) is 2. The summed E-state index contributed by atoms with van der Waals surface area (Å²) >= 11 is 0. The van der Waals surface area contributed by atoms with Crippen LogP contribution in [-0.4, -0.2) is 39.2 Å². The largest absolute Gasteiger partial charge is 0.391 e. The number of hydrogen-bond acceptors (Lipinski definition) is 6. The number of aromatic nitrogens is 2. The predicted octanol–water partition coefficient (Wildman–Crippen LogP) is 2.46. The Balaban J connectivity index is 1.40. The van der Waals surface area contributed by atoms with Crippen molar-refractivity contribution in [3.05, 3.63) is 11.7 Å². The number of fused-ring (bicyclic) bond motifs is 1. The first kappa shape index (κ1) is 22.2. The molecule has 0 aromatic carbocycles. The molecule has 31 heavy (non-hydrogen) atoms. The second kappa shape index (κ2) is 7.57. The van der Waals surface area contributed by atoms with Crippen LogP contribution in [0.4, 0.5) is 0 Å².